The van der Waals surface area contributed by atoms with Crippen LogP contribution in [0.3, 0.4) is 0 Å². The predicted molar refractivity (Wildman–Crippen MR) is 140 cm³/mol. The molecule has 1 fully saturated rings. The van der Waals surface area contributed by atoms with E-state index in [1.54, 1.807) is 31.1 Å². The Morgan fingerprint density at radius 1 is 1.19 bits per heavy atom. The molecule has 1 aliphatic rings. The van der Waals surface area contributed by atoms with Crippen molar-refractivity contribution in [2.45, 2.75) is 38.0 Å². The van der Waals surface area contributed by atoms with E-state index < -0.39 is 0 Å². The Bertz CT molecular complexity index is 1380. The first-order valence-electron chi connectivity index (χ1n) is 12.0. The van der Waals surface area contributed by atoms with Crippen LogP contribution in [0.2, 0.25) is 0 Å². The Morgan fingerprint density at radius 2 is 2.06 bits per heavy atom. The van der Waals surface area contributed by atoms with Crippen molar-refractivity contribution in [2.24, 2.45) is 4.99 Å². The molecule has 10 nitrogen and oxygen atoms in total. The zero-order valence-corrected chi connectivity index (χ0v) is 20.9. The molecule has 0 amide bonds. The van der Waals surface area contributed by atoms with E-state index >= 15 is 0 Å². The van der Waals surface area contributed by atoms with Gasteiger partial charge in [-0.25, -0.2) is 9.67 Å². The summed E-state index contributed by atoms with van der Waals surface area (Å²) in [6.45, 7) is 2.15. The lowest BCUT2D eigenvalue weighted by Gasteiger charge is -2.40. The summed E-state index contributed by atoms with van der Waals surface area (Å²) in [6, 6.07) is 7.81. The molecule has 0 aliphatic heterocycles. The van der Waals surface area contributed by atoms with E-state index in [1.165, 1.54) is 12.0 Å². The maximum atomic E-state index is 6.23. The second-order valence-corrected chi connectivity index (χ2v) is 9.25. The third-order valence-electron chi connectivity index (χ3n) is 6.85. The molecule has 3 heterocycles. The number of fused-ring (bicyclic) bond motifs is 1. The van der Waals surface area contributed by atoms with Crippen LogP contribution in [0.15, 0.2) is 47.8 Å². The Hall–Kier alpha value is -3.76. The number of anilines is 1. The van der Waals surface area contributed by atoms with Crippen molar-refractivity contribution >= 4 is 17.5 Å². The van der Waals surface area contributed by atoms with Crippen LogP contribution in [0.4, 0.5) is 5.69 Å². The second kappa shape index (κ2) is 10.1. The van der Waals surface area contributed by atoms with Crippen molar-refractivity contribution in [1.29, 1.82) is 0 Å². The van der Waals surface area contributed by atoms with Crippen LogP contribution in [-0.4, -0.2) is 64.0 Å². The fourth-order valence-corrected chi connectivity index (χ4v) is 4.65. The van der Waals surface area contributed by atoms with Crippen molar-refractivity contribution in [1.82, 2.24) is 29.7 Å². The van der Waals surface area contributed by atoms with Gasteiger partial charge in [0.1, 0.15) is 17.1 Å². The lowest BCUT2D eigenvalue weighted by molar-refractivity contribution is -0.0695. The normalized spacial score (nSPS) is 15.0. The number of nitrogens with one attached hydrogen (secondary N) is 1. The number of rotatable bonds is 10. The molecule has 10 heteroatoms. The topological polar surface area (TPSA) is 117 Å². The third-order valence-corrected chi connectivity index (χ3v) is 6.85. The lowest BCUT2D eigenvalue weighted by atomic mass is 9.80. The predicted octanol–water partition coefficient (Wildman–Crippen LogP) is 2.94. The zero-order chi connectivity index (χ0) is 25.1. The number of nitrogens with two attached hydrogens (primary N) is 1. The molecule has 0 unspecified atom stereocenters. The molecule has 3 N–H and O–H groups in total. The van der Waals surface area contributed by atoms with Gasteiger partial charge in [-0.1, -0.05) is 11.3 Å². The van der Waals surface area contributed by atoms with Gasteiger partial charge in [-0.05, 0) is 37.0 Å². The molecular formula is C26H32N8O2. The summed E-state index contributed by atoms with van der Waals surface area (Å²) >= 11 is 0. The number of imidazole rings is 1. The van der Waals surface area contributed by atoms with Gasteiger partial charge in [0.2, 0.25) is 0 Å². The van der Waals surface area contributed by atoms with E-state index in [4.69, 9.17) is 20.2 Å². The molecule has 0 bridgehead atoms. The summed E-state index contributed by atoms with van der Waals surface area (Å²) in [5.74, 6) is 0.654. The van der Waals surface area contributed by atoms with E-state index in [9.17, 15) is 0 Å². The van der Waals surface area contributed by atoms with Gasteiger partial charge in [0.15, 0.2) is 0 Å². The minimum absolute atomic E-state index is 0.0175. The van der Waals surface area contributed by atoms with Crippen LogP contribution in [0.1, 0.15) is 36.1 Å². The standard InChI is InChI=1S/C26H32N8O2/c1-28-12-22-21(9-20(35-2)10-23(22)27)24-16-34(32-31-24)15-19-14-33-13-18(5-6-25(33)30-19)11-29-17-26(36-3)7-4-8-26/h5-6,9-10,12-14,16,29H,4,7-8,11,15,17,27H2,1-3H3/b28-12-. The SMILES string of the molecule is C/N=C\c1c(N)cc(OC)cc1-c1cn(Cc2cn3cc(CNCC4(OC)CCC4)ccc3n2)nn1. The summed E-state index contributed by atoms with van der Waals surface area (Å²) < 4.78 is 14.9. The molecule has 1 saturated carbocycles. The summed E-state index contributed by atoms with van der Waals surface area (Å²) in [4.78, 5) is 8.88. The van der Waals surface area contributed by atoms with Gasteiger partial charge in [-0.2, -0.15) is 0 Å². The van der Waals surface area contributed by atoms with E-state index in [2.05, 4.69) is 37.3 Å². The Kier molecular flexibility index (Phi) is 6.71. The highest BCUT2D eigenvalue weighted by Crippen LogP contribution is 2.34. The minimum atomic E-state index is 0.0175. The van der Waals surface area contributed by atoms with Gasteiger partial charge in [0.05, 0.1) is 31.1 Å². The summed E-state index contributed by atoms with van der Waals surface area (Å²) in [5.41, 5.74) is 12.1. The number of benzene rings is 1. The maximum Gasteiger partial charge on any atom is 0.137 e. The molecular weight excluding hydrogens is 456 g/mol. The first kappa shape index (κ1) is 24.0. The molecule has 1 aromatic carbocycles. The number of hydrogen-bond acceptors (Lipinski definition) is 8. The number of pyridine rings is 1. The van der Waals surface area contributed by atoms with Gasteiger partial charge < -0.3 is 24.9 Å². The van der Waals surface area contributed by atoms with Crippen LogP contribution in [0, 0.1) is 0 Å². The largest absolute Gasteiger partial charge is 0.497 e. The highest BCUT2D eigenvalue weighted by atomic mass is 16.5. The van der Waals surface area contributed by atoms with Gasteiger partial charge in [0.25, 0.3) is 0 Å². The van der Waals surface area contributed by atoms with Crippen LogP contribution < -0.4 is 15.8 Å². The number of nitrogen functional groups attached to an aromatic ring is 1. The Labute approximate surface area is 210 Å². The second-order valence-electron chi connectivity index (χ2n) is 9.25. The molecule has 5 rings (SSSR count). The van der Waals surface area contributed by atoms with Crippen molar-refractivity contribution in [3.05, 3.63) is 59.7 Å². The third kappa shape index (κ3) is 4.82. The molecule has 4 aromatic rings. The molecule has 0 spiro atoms. The summed E-state index contributed by atoms with van der Waals surface area (Å²) in [7, 11) is 5.13. The number of hydrogen-bond donors (Lipinski definition) is 2. The number of aromatic nitrogens is 5. The van der Waals surface area contributed by atoms with Crippen LogP contribution in [0.5, 0.6) is 5.75 Å². The molecule has 0 atom stereocenters. The molecule has 1 aliphatic carbocycles. The smallest absolute Gasteiger partial charge is 0.137 e. The monoisotopic (exact) mass is 488 g/mol. The van der Waals surface area contributed by atoms with Gasteiger partial charge in [0, 0.05) is 68.7 Å². The van der Waals surface area contributed by atoms with Crippen molar-refractivity contribution in [2.75, 3.05) is 33.5 Å². The molecule has 188 valence electrons. The molecule has 3 aromatic heterocycles. The van der Waals surface area contributed by atoms with Crippen LogP contribution >= 0.6 is 0 Å². The summed E-state index contributed by atoms with van der Waals surface area (Å²) in [6.07, 6.45) is 11.2. The number of aliphatic imine (C=N–C) groups is 1. The van der Waals surface area contributed by atoms with Gasteiger partial charge in [-0.15, -0.1) is 5.10 Å². The fraction of sp³-hybridized carbons (Fsp3) is 0.385. The average molecular weight is 489 g/mol. The average Bonchev–Trinajstić information content (AvgIpc) is 3.48. The summed E-state index contributed by atoms with van der Waals surface area (Å²) in [5, 5.41) is 12.2. The van der Waals surface area contributed by atoms with Crippen molar-refractivity contribution in [3.63, 3.8) is 0 Å². The van der Waals surface area contributed by atoms with Gasteiger partial charge >= 0.3 is 0 Å². The quantitative estimate of drug-likeness (QED) is 0.260. The van der Waals surface area contributed by atoms with E-state index in [0.29, 0.717) is 23.7 Å². The van der Waals surface area contributed by atoms with Crippen LogP contribution in [-0.2, 0) is 17.8 Å². The number of nitrogens with zero attached hydrogens (tertiary/aromatic N) is 6. The maximum absolute atomic E-state index is 6.23. The van der Waals surface area contributed by atoms with Gasteiger partial charge in [-0.3, -0.25) is 4.99 Å². The van der Waals surface area contributed by atoms with Crippen molar-refractivity contribution in [3.8, 4) is 17.0 Å². The van der Waals surface area contributed by atoms with E-state index in [1.807, 2.05) is 31.6 Å². The van der Waals surface area contributed by atoms with Crippen LogP contribution in [0.25, 0.3) is 16.9 Å². The van der Waals surface area contributed by atoms with E-state index in [0.717, 1.165) is 48.4 Å². The van der Waals surface area contributed by atoms with E-state index in [-0.39, 0.29) is 5.60 Å². The number of methoxy groups -OCH3 is 2. The fourth-order valence-electron chi connectivity index (χ4n) is 4.65. The first-order valence-corrected chi connectivity index (χ1v) is 12.0. The molecule has 36 heavy (non-hydrogen) atoms. The molecule has 0 radical (unpaired) electrons. The minimum Gasteiger partial charge on any atom is -0.497 e. The first-order chi connectivity index (χ1) is 17.5. The highest BCUT2D eigenvalue weighted by molar-refractivity contribution is 5.96. The highest BCUT2D eigenvalue weighted by Gasteiger charge is 2.36. The molecule has 0 saturated heterocycles. The zero-order valence-electron chi connectivity index (χ0n) is 20.9. The Morgan fingerprint density at radius 3 is 2.78 bits per heavy atom. The lowest BCUT2D eigenvalue weighted by Crippen LogP contribution is -2.47. The van der Waals surface area contributed by atoms with Crippen molar-refractivity contribution < 1.29 is 9.47 Å². The Balaban J connectivity index is 1.30. The number of ether oxygens (including phenoxy) is 2.